The van der Waals surface area contributed by atoms with Crippen LogP contribution >= 0.6 is 0 Å². The fourth-order valence-corrected chi connectivity index (χ4v) is 10.8. The number of aryl methyl sites for hydroxylation is 6. The summed E-state index contributed by atoms with van der Waals surface area (Å²) in [5.74, 6) is -0.802. The van der Waals surface area contributed by atoms with Gasteiger partial charge in [0.15, 0.2) is 0 Å². The predicted molar refractivity (Wildman–Crippen MR) is 503 cm³/mol. The molecular formula is C92H124N24O3. The molecule has 0 unspecified atom stereocenters. The highest BCUT2D eigenvalue weighted by atomic mass is 16.2. The van der Waals surface area contributed by atoms with Gasteiger partial charge in [0, 0.05) is 135 Å². The summed E-state index contributed by atoms with van der Waals surface area (Å²) in [6, 6.07) is 81.2. The normalized spacial score (nSPS) is 9.96. The Morgan fingerprint density at radius 2 is 0.513 bits per heavy atom. The third kappa shape index (κ3) is 38.7. The molecule has 0 aliphatic carbocycles. The van der Waals surface area contributed by atoms with Crippen molar-refractivity contribution in [2.75, 3.05) is 105 Å². The maximum Gasteiger partial charge on any atom is 0.250 e. The zero-order valence-electron chi connectivity index (χ0n) is 68.7. The third-order valence-electron chi connectivity index (χ3n) is 17.8. The minimum absolute atomic E-state index is 0.0816. The number of anilines is 16. The molecule has 27 nitrogen and oxygen atoms in total. The van der Waals surface area contributed by atoms with Gasteiger partial charge in [-0.25, -0.2) is 0 Å². The summed E-state index contributed by atoms with van der Waals surface area (Å²) in [5, 5.41) is 11.2. The zero-order chi connectivity index (χ0) is 87.8. The molecule has 630 valence electrons. The van der Waals surface area contributed by atoms with Crippen molar-refractivity contribution in [2.24, 2.45) is 34.4 Å². The molecule has 12 rings (SSSR count). The molecule has 12 aromatic carbocycles. The van der Waals surface area contributed by atoms with Crippen LogP contribution in [-0.4, -0.2) is 31.8 Å². The summed E-state index contributed by atoms with van der Waals surface area (Å²) in [5.41, 5.74) is 137. The second kappa shape index (κ2) is 53.1. The fourth-order valence-electron chi connectivity index (χ4n) is 10.8. The maximum absolute atomic E-state index is 10.7. The van der Waals surface area contributed by atoms with Crippen molar-refractivity contribution in [1.82, 2.24) is 10.6 Å². The van der Waals surface area contributed by atoms with Crippen molar-refractivity contribution in [2.45, 2.75) is 98.2 Å². The van der Waals surface area contributed by atoms with Crippen molar-refractivity contribution in [3.05, 3.63) is 333 Å². The average molecular weight is 1610 g/mol. The molecule has 0 fully saturated rings. The Morgan fingerprint density at radius 3 is 0.782 bits per heavy atom. The largest absolute Gasteiger partial charge is 0.399 e. The molecule has 12 aromatic rings. The fraction of sp³-hybridized carbons (Fsp3) is 0.185. The summed E-state index contributed by atoms with van der Waals surface area (Å²) >= 11 is 0. The van der Waals surface area contributed by atoms with Crippen LogP contribution in [0.4, 0.5) is 91.0 Å². The number of benzene rings is 12. The van der Waals surface area contributed by atoms with E-state index in [0.29, 0.717) is 90.5 Å². The van der Waals surface area contributed by atoms with Crippen LogP contribution in [-0.2, 0) is 93.9 Å². The predicted octanol–water partition coefficient (Wildman–Crippen LogP) is 10.4. The standard InChI is InChI=1S/C16H20N2.2C15H18N2.C9H13N3O.C8H11N3O.C8H13N3.C7H9N3O.2C7H11N3/c17-11-15-7-3-13(4-8-15)1-2-14-5-9-16(12-18)10-6-14;2*16-11-14-5-3-12(4-6-14)1-2-13-7-9-15(17)10-8-13;1-6(13)12-5-7-4-8(10)2-3-9(7)11;1-5(12)11-8-4-6(9)2-3-7(8)10;1-11-5-6-4-7(9)2-3-8(6)10;8-4-1-2-6(9)5(3-4)7(10)11;1-10-7-4-5(8)2-3-6(7)9;8-4-5-3-6(9)1-2-7(5)10/h3-10H,1-2,11-12,17-18H2;2*3-10H,1-2,11,16-17H2;2-4H,5,10-11H2,1H3,(H,12,13);2-4H,9-10H2,1H3,(H,11,12);2-4,11H,5,9-10H2,1H3;1-3H,8-9H2,(H2,10,11);2-4,10H,8-9H2,1H3;1-3H,4,8-10H2. The van der Waals surface area contributed by atoms with Crippen LogP contribution in [0.15, 0.2) is 255 Å². The van der Waals surface area contributed by atoms with E-state index in [9.17, 15) is 14.4 Å². The summed E-state index contributed by atoms with van der Waals surface area (Å²) in [7, 11) is 3.69. The maximum atomic E-state index is 10.7. The number of carbonyl (C=O) groups is 3. The van der Waals surface area contributed by atoms with E-state index < -0.39 is 5.91 Å². The lowest BCUT2D eigenvalue weighted by atomic mass is 10.0. The molecule has 0 heterocycles. The third-order valence-corrected chi connectivity index (χ3v) is 17.8. The van der Waals surface area contributed by atoms with E-state index in [1.807, 2.05) is 50.5 Å². The van der Waals surface area contributed by atoms with Crippen LogP contribution in [0.1, 0.15) is 96.5 Å². The lowest BCUT2D eigenvalue weighted by molar-refractivity contribution is -0.119. The molecule has 0 saturated heterocycles. The van der Waals surface area contributed by atoms with Gasteiger partial charge in [-0.15, -0.1) is 0 Å². The Balaban J connectivity index is 0.000000284. The molecule has 0 bridgehead atoms. The number of nitrogens with one attached hydrogen (secondary N) is 4. The first-order chi connectivity index (χ1) is 56.9. The van der Waals surface area contributed by atoms with E-state index in [0.717, 1.165) is 102 Å². The molecule has 0 saturated carbocycles. The number of carbonyl (C=O) groups excluding carboxylic acids is 3. The molecule has 0 aliphatic rings. The Bertz CT molecular complexity index is 4800. The van der Waals surface area contributed by atoms with Crippen LogP contribution < -0.4 is 136 Å². The van der Waals surface area contributed by atoms with Crippen molar-refractivity contribution >= 4 is 109 Å². The van der Waals surface area contributed by atoms with E-state index >= 15 is 0 Å². The van der Waals surface area contributed by atoms with Gasteiger partial charge in [-0.2, -0.15) is 0 Å². The Kier molecular flexibility index (Phi) is 43.3. The highest BCUT2D eigenvalue weighted by Gasteiger charge is 2.07. The van der Waals surface area contributed by atoms with Gasteiger partial charge in [0.25, 0.3) is 5.91 Å². The minimum atomic E-state index is -0.560. The molecule has 0 spiro atoms. The number of rotatable bonds is 21. The van der Waals surface area contributed by atoms with Gasteiger partial charge >= 0.3 is 0 Å². The first kappa shape index (κ1) is 97.2. The van der Waals surface area contributed by atoms with Gasteiger partial charge in [-0.05, 0) is 251 Å². The van der Waals surface area contributed by atoms with Gasteiger partial charge in [0.05, 0.1) is 28.3 Å². The monoisotopic (exact) mass is 1610 g/mol. The van der Waals surface area contributed by atoms with Crippen LogP contribution in [0, 0.1) is 0 Å². The topological polar surface area (TPSA) is 620 Å². The first-order valence-corrected chi connectivity index (χ1v) is 38.4. The van der Waals surface area contributed by atoms with Gasteiger partial charge < -0.3 is 136 Å². The Hall–Kier alpha value is -14.2. The number of nitrogens with two attached hydrogens (primary N) is 20. The summed E-state index contributed by atoms with van der Waals surface area (Å²) in [4.78, 5) is 32.0. The van der Waals surface area contributed by atoms with Crippen molar-refractivity contribution in [3.63, 3.8) is 0 Å². The number of hydrogen-bond donors (Lipinski definition) is 24. The summed E-state index contributed by atoms with van der Waals surface area (Å²) in [6.07, 6.45) is 6.31. The Morgan fingerprint density at radius 1 is 0.261 bits per heavy atom. The molecule has 0 atom stereocenters. The second-order valence-corrected chi connectivity index (χ2v) is 27.4. The minimum Gasteiger partial charge on any atom is -0.399 e. The highest BCUT2D eigenvalue weighted by molar-refractivity contribution is 5.99. The van der Waals surface area contributed by atoms with Gasteiger partial charge in [-0.1, -0.05) is 121 Å². The molecule has 0 aliphatic heterocycles. The molecule has 44 N–H and O–H groups in total. The van der Waals surface area contributed by atoms with E-state index in [2.05, 4.69) is 143 Å². The van der Waals surface area contributed by atoms with Crippen molar-refractivity contribution in [3.8, 4) is 0 Å². The first-order valence-electron chi connectivity index (χ1n) is 38.4. The highest BCUT2D eigenvalue weighted by Crippen LogP contribution is 2.24. The van der Waals surface area contributed by atoms with E-state index in [1.54, 1.807) is 91.0 Å². The quantitative estimate of drug-likeness (QED) is 0.0297. The van der Waals surface area contributed by atoms with Gasteiger partial charge in [0.1, 0.15) is 0 Å². The molecule has 27 heteroatoms. The van der Waals surface area contributed by atoms with Crippen molar-refractivity contribution in [1.29, 1.82) is 0 Å². The lowest BCUT2D eigenvalue weighted by Crippen LogP contribution is -2.19. The second-order valence-electron chi connectivity index (χ2n) is 27.4. The van der Waals surface area contributed by atoms with Crippen molar-refractivity contribution < 1.29 is 14.4 Å². The molecule has 119 heavy (non-hydrogen) atoms. The number of hydrogen-bond acceptors (Lipinski definition) is 24. The summed E-state index contributed by atoms with van der Waals surface area (Å²) in [6.45, 7) is 6.95. The van der Waals surface area contributed by atoms with Crippen LogP contribution in [0.3, 0.4) is 0 Å². The lowest BCUT2D eigenvalue weighted by Gasteiger charge is -2.06. The molecule has 0 radical (unpaired) electrons. The van der Waals surface area contributed by atoms with Gasteiger partial charge in [0.2, 0.25) is 11.8 Å². The van der Waals surface area contributed by atoms with E-state index in [1.165, 1.54) is 75.5 Å². The van der Waals surface area contributed by atoms with Crippen LogP contribution in [0.2, 0.25) is 0 Å². The summed E-state index contributed by atoms with van der Waals surface area (Å²) < 4.78 is 0. The average Bonchev–Trinajstić information content (AvgIpc) is 0.890. The number of primary amides is 1. The van der Waals surface area contributed by atoms with Crippen LogP contribution in [0.5, 0.6) is 0 Å². The Labute approximate surface area is 700 Å². The van der Waals surface area contributed by atoms with Crippen LogP contribution in [0.25, 0.3) is 0 Å². The number of amides is 3. The van der Waals surface area contributed by atoms with Gasteiger partial charge in [-0.3, -0.25) is 14.4 Å². The van der Waals surface area contributed by atoms with E-state index in [4.69, 9.17) is 115 Å². The molecular weight excluding hydrogens is 1490 g/mol. The smallest absolute Gasteiger partial charge is 0.250 e. The van der Waals surface area contributed by atoms with E-state index in [-0.39, 0.29) is 17.4 Å². The SMILES string of the molecule is CC(=O)NCc1cc(N)ccc1N.CC(=O)Nc1cc(N)ccc1N.CNCc1cc(N)ccc1N.CNc1cc(N)ccc1N.NC(=O)c1cc(N)ccc1N.NCc1cc(N)ccc1N.NCc1ccc(CCc2ccc(CN)cc2)cc1.NCc1ccc(CCc2ccc(N)cc2)cc1.NCc1ccc(CCc2ccc(N)cc2)cc1. The molecule has 0 aromatic heterocycles. The number of nitrogen functional groups attached to an aromatic ring is 14. The molecule has 3 amide bonds. The zero-order valence-corrected chi connectivity index (χ0v) is 68.7.